The molecule has 0 aliphatic carbocycles. The van der Waals surface area contributed by atoms with Crippen molar-refractivity contribution in [2.45, 2.75) is 12.4 Å². The normalized spacial score (nSPS) is 12.0. The van der Waals surface area contributed by atoms with E-state index >= 15 is 0 Å². The molecule has 0 aromatic heterocycles. The average Bonchev–Trinajstić information content (AvgIpc) is 2.95. The van der Waals surface area contributed by atoms with Gasteiger partial charge in [0.1, 0.15) is 11.5 Å². The summed E-state index contributed by atoms with van der Waals surface area (Å²) in [4.78, 5) is 0. The van der Waals surface area contributed by atoms with E-state index in [1.807, 2.05) is 0 Å². The fourth-order valence-electron chi connectivity index (χ4n) is 4.75. The van der Waals surface area contributed by atoms with Crippen LogP contribution in [0.15, 0.2) is 97.1 Å². The molecule has 0 bridgehead atoms. The van der Waals surface area contributed by atoms with E-state index in [1.54, 1.807) is 54.6 Å². The Labute approximate surface area is 226 Å². The van der Waals surface area contributed by atoms with Crippen LogP contribution in [0.1, 0.15) is 11.1 Å². The van der Waals surface area contributed by atoms with Crippen molar-refractivity contribution >= 4 is 10.8 Å². The second-order valence-electron chi connectivity index (χ2n) is 9.14. The molecule has 0 aliphatic rings. The highest BCUT2D eigenvalue weighted by Gasteiger charge is 2.32. The zero-order chi connectivity index (χ0) is 28.7. The van der Waals surface area contributed by atoms with Crippen molar-refractivity contribution in [2.75, 3.05) is 14.2 Å². The third-order valence-electron chi connectivity index (χ3n) is 6.75. The van der Waals surface area contributed by atoms with Gasteiger partial charge in [0.15, 0.2) is 0 Å². The Bertz CT molecular complexity index is 1650. The highest BCUT2D eigenvalue weighted by molar-refractivity contribution is 6.10. The van der Waals surface area contributed by atoms with Gasteiger partial charge in [0.05, 0.1) is 25.3 Å². The van der Waals surface area contributed by atoms with Crippen LogP contribution in [0.2, 0.25) is 0 Å². The molecule has 0 aliphatic heterocycles. The lowest BCUT2D eigenvalue weighted by atomic mass is 9.83. The lowest BCUT2D eigenvalue weighted by Crippen LogP contribution is -2.05. The molecule has 40 heavy (non-hydrogen) atoms. The van der Waals surface area contributed by atoms with Crippen LogP contribution in [0.3, 0.4) is 0 Å². The standard InChI is InChI=1S/C32H22F6O2/c1-39-25-13-6-19(7-14-25)27-17-22-5-12-24(32(36,37)38)18-28(22)30(21-8-15-26(40-2)16-9-21)29(27)20-3-10-23(11-4-20)31(33,34)35/h3-18H,1-2H3. The molecule has 2 nitrogen and oxygen atoms in total. The van der Waals surface area contributed by atoms with Crippen molar-refractivity contribution in [2.24, 2.45) is 0 Å². The van der Waals surface area contributed by atoms with Gasteiger partial charge in [0.25, 0.3) is 0 Å². The quantitative estimate of drug-likeness (QED) is 0.202. The Morgan fingerprint density at radius 1 is 0.475 bits per heavy atom. The molecule has 0 unspecified atom stereocenters. The highest BCUT2D eigenvalue weighted by atomic mass is 19.4. The van der Waals surface area contributed by atoms with E-state index in [0.29, 0.717) is 55.7 Å². The molecule has 0 saturated heterocycles. The van der Waals surface area contributed by atoms with Crippen molar-refractivity contribution in [3.05, 3.63) is 108 Å². The number of benzene rings is 5. The van der Waals surface area contributed by atoms with Crippen molar-refractivity contribution in [1.82, 2.24) is 0 Å². The van der Waals surface area contributed by atoms with Crippen LogP contribution in [-0.4, -0.2) is 14.2 Å². The third kappa shape index (κ3) is 5.21. The van der Waals surface area contributed by atoms with Crippen molar-refractivity contribution in [3.8, 4) is 44.9 Å². The van der Waals surface area contributed by atoms with Gasteiger partial charge >= 0.3 is 12.4 Å². The van der Waals surface area contributed by atoms with Crippen LogP contribution in [0.25, 0.3) is 44.2 Å². The molecule has 0 N–H and O–H groups in total. The van der Waals surface area contributed by atoms with Crippen LogP contribution < -0.4 is 9.47 Å². The van der Waals surface area contributed by atoms with Gasteiger partial charge < -0.3 is 9.47 Å². The summed E-state index contributed by atoms with van der Waals surface area (Å²) in [6.45, 7) is 0. The minimum Gasteiger partial charge on any atom is -0.497 e. The van der Waals surface area contributed by atoms with Crippen LogP contribution in [0.5, 0.6) is 11.5 Å². The summed E-state index contributed by atoms with van der Waals surface area (Å²) >= 11 is 0. The van der Waals surface area contributed by atoms with Crippen LogP contribution in [0, 0.1) is 0 Å². The van der Waals surface area contributed by atoms with Gasteiger partial charge in [-0.05, 0) is 98.8 Å². The number of ether oxygens (including phenoxy) is 2. The van der Waals surface area contributed by atoms with E-state index in [0.717, 1.165) is 24.3 Å². The first-order valence-corrected chi connectivity index (χ1v) is 12.1. The Kier molecular flexibility index (Phi) is 6.96. The van der Waals surface area contributed by atoms with Crippen LogP contribution in [0.4, 0.5) is 26.3 Å². The zero-order valence-corrected chi connectivity index (χ0v) is 21.3. The Hall–Kier alpha value is -4.46. The molecule has 0 heterocycles. The predicted octanol–water partition coefficient (Wildman–Crippen LogP) is 9.90. The molecule has 0 radical (unpaired) electrons. The molecule has 0 amide bonds. The summed E-state index contributed by atoms with van der Waals surface area (Å²) in [5, 5.41) is 0.854. The van der Waals surface area contributed by atoms with Gasteiger partial charge in [0, 0.05) is 0 Å². The van der Waals surface area contributed by atoms with Crippen LogP contribution in [-0.2, 0) is 12.4 Å². The van der Waals surface area contributed by atoms with Gasteiger partial charge in [-0.15, -0.1) is 0 Å². The van der Waals surface area contributed by atoms with Crippen molar-refractivity contribution in [3.63, 3.8) is 0 Å². The summed E-state index contributed by atoms with van der Waals surface area (Å²) in [6.07, 6.45) is -9.13. The maximum absolute atomic E-state index is 13.8. The summed E-state index contributed by atoms with van der Waals surface area (Å²) < 4.78 is 92.1. The highest BCUT2D eigenvalue weighted by Crippen LogP contribution is 2.47. The summed E-state index contributed by atoms with van der Waals surface area (Å²) in [6, 6.07) is 23.8. The molecule has 0 fully saturated rings. The van der Waals surface area contributed by atoms with E-state index < -0.39 is 23.5 Å². The smallest absolute Gasteiger partial charge is 0.416 e. The van der Waals surface area contributed by atoms with Gasteiger partial charge in [-0.25, -0.2) is 0 Å². The second-order valence-corrected chi connectivity index (χ2v) is 9.14. The predicted molar refractivity (Wildman–Crippen MR) is 143 cm³/mol. The number of halogens is 6. The summed E-state index contributed by atoms with van der Waals surface area (Å²) in [7, 11) is 3.02. The number of fused-ring (bicyclic) bond motifs is 1. The number of hydrogen-bond acceptors (Lipinski definition) is 2. The molecule has 204 valence electrons. The van der Waals surface area contributed by atoms with E-state index in [1.165, 1.54) is 32.4 Å². The topological polar surface area (TPSA) is 18.5 Å². The number of methoxy groups -OCH3 is 2. The van der Waals surface area contributed by atoms with E-state index in [-0.39, 0.29) is 0 Å². The van der Waals surface area contributed by atoms with Crippen molar-refractivity contribution in [1.29, 1.82) is 0 Å². The Balaban J connectivity index is 1.91. The number of hydrogen-bond donors (Lipinski definition) is 0. The minimum atomic E-state index is -4.59. The third-order valence-corrected chi connectivity index (χ3v) is 6.75. The molecule has 5 rings (SSSR count). The maximum atomic E-state index is 13.8. The molecule has 0 atom stereocenters. The monoisotopic (exact) mass is 552 g/mol. The fourth-order valence-corrected chi connectivity index (χ4v) is 4.75. The van der Waals surface area contributed by atoms with Crippen molar-refractivity contribution < 1.29 is 35.8 Å². The molecular weight excluding hydrogens is 530 g/mol. The second kappa shape index (κ2) is 10.3. The molecule has 8 heteroatoms. The fraction of sp³-hybridized carbons (Fsp3) is 0.125. The van der Waals surface area contributed by atoms with Gasteiger partial charge in [-0.2, -0.15) is 26.3 Å². The first kappa shape index (κ1) is 27.1. The first-order chi connectivity index (χ1) is 19.0. The maximum Gasteiger partial charge on any atom is 0.416 e. The largest absolute Gasteiger partial charge is 0.497 e. The molecule has 5 aromatic rings. The average molecular weight is 553 g/mol. The number of rotatable bonds is 5. The van der Waals surface area contributed by atoms with E-state index in [4.69, 9.17) is 9.47 Å². The van der Waals surface area contributed by atoms with Gasteiger partial charge in [0.2, 0.25) is 0 Å². The molecule has 5 aromatic carbocycles. The molecule has 0 saturated carbocycles. The van der Waals surface area contributed by atoms with Gasteiger partial charge in [-0.1, -0.05) is 42.5 Å². The molecule has 0 spiro atoms. The SMILES string of the molecule is COc1ccc(-c2cc3ccc(C(F)(F)F)cc3c(-c3ccc(OC)cc3)c2-c2ccc(C(F)(F)F)cc2)cc1. The Morgan fingerprint density at radius 3 is 1.43 bits per heavy atom. The lowest BCUT2D eigenvalue weighted by molar-refractivity contribution is -0.138. The minimum absolute atomic E-state index is 0.312. The van der Waals surface area contributed by atoms with E-state index in [9.17, 15) is 26.3 Å². The Morgan fingerprint density at radius 2 is 0.925 bits per heavy atom. The number of alkyl halides is 6. The summed E-state index contributed by atoms with van der Waals surface area (Å²) in [5.41, 5.74) is 1.65. The molecular formula is C32H22F6O2. The van der Waals surface area contributed by atoms with Gasteiger partial charge in [-0.3, -0.25) is 0 Å². The first-order valence-electron chi connectivity index (χ1n) is 12.1. The van der Waals surface area contributed by atoms with E-state index in [2.05, 4.69) is 0 Å². The summed E-state index contributed by atoms with van der Waals surface area (Å²) in [5.74, 6) is 1.15. The van der Waals surface area contributed by atoms with Crippen LogP contribution >= 0.6 is 0 Å². The lowest BCUT2D eigenvalue weighted by Gasteiger charge is -2.21. The zero-order valence-electron chi connectivity index (χ0n) is 21.3.